The summed E-state index contributed by atoms with van der Waals surface area (Å²) in [7, 11) is 1.11. The van der Waals surface area contributed by atoms with Crippen LogP contribution in [0.3, 0.4) is 0 Å². The number of allylic oxidation sites excluding steroid dienone is 4. The molecule has 0 radical (unpaired) electrons. The number of amides is 3. The van der Waals surface area contributed by atoms with E-state index >= 15 is 0 Å². The summed E-state index contributed by atoms with van der Waals surface area (Å²) >= 11 is 3.52. The molecule has 6 atom stereocenters. The zero-order valence-electron chi connectivity index (χ0n) is 24.2. The lowest BCUT2D eigenvalue weighted by molar-refractivity contribution is -0.138. The maximum atomic E-state index is 14.9. The van der Waals surface area contributed by atoms with Crippen molar-refractivity contribution in [2.24, 2.45) is 23.7 Å². The average Bonchev–Trinajstić information content (AvgIpc) is 3.32. The van der Waals surface area contributed by atoms with Gasteiger partial charge < -0.3 is 9.84 Å². The van der Waals surface area contributed by atoms with Gasteiger partial charge in [-0.2, -0.15) is 4.90 Å². The molecule has 3 amide bonds. The number of carbonyl (C=O) groups is 5. The predicted octanol–water partition coefficient (Wildman–Crippen LogP) is 5.75. The van der Waals surface area contributed by atoms with Gasteiger partial charge >= 0.3 is 6.09 Å². The van der Waals surface area contributed by atoms with Crippen molar-refractivity contribution >= 4 is 51.0 Å². The van der Waals surface area contributed by atoms with Gasteiger partial charge in [0.05, 0.1) is 24.4 Å². The van der Waals surface area contributed by atoms with Gasteiger partial charge in [0, 0.05) is 27.4 Å². The minimum Gasteiger partial charge on any atom is -0.508 e. The van der Waals surface area contributed by atoms with Gasteiger partial charge in [-0.25, -0.2) is 4.79 Å². The van der Waals surface area contributed by atoms with E-state index < -0.39 is 52.9 Å². The Labute approximate surface area is 267 Å². The number of carbonyl (C=O) groups excluding carboxylic acids is 5. The molecule has 0 unspecified atom stereocenters. The Morgan fingerprint density at radius 2 is 1.62 bits per heavy atom. The molecule has 4 aliphatic rings. The number of hydrogen-bond acceptors (Lipinski definition) is 7. The highest BCUT2D eigenvalue weighted by molar-refractivity contribution is 9.10. The molecule has 1 aliphatic heterocycles. The average molecular weight is 667 g/mol. The standard InChI is InChI=1S/C36H28BrNO7/c1-45-35(44)38-33(42)23-14-13-22-25(30(23)34(38)43)17-27-32(41)24(19-8-4-2-5-9-19)18-29(40)36(27,20-10-6-3-7-11-20)31(22)26-16-21(37)12-15-28(26)39/h2-13,15-16,18,23,25,27,30-31,39H,14,17H2,1H3/t23-,25+,27-,30-,31+,36-/m0/s1. The number of phenols is 1. The number of aromatic hydroxyl groups is 1. The highest BCUT2D eigenvalue weighted by Crippen LogP contribution is 2.64. The summed E-state index contributed by atoms with van der Waals surface area (Å²) in [4.78, 5) is 70.1. The first-order chi connectivity index (χ1) is 21.7. The van der Waals surface area contributed by atoms with E-state index in [1.807, 2.05) is 42.5 Å². The number of ketones is 2. The molecule has 3 aromatic rings. The van der Waals surface area contributed by atoms with Crippen LogP contribution in [-0.2, 0) is 29.3 Å². The highest BCUT2D eigenvalue weighted by atomic mass is 79.9. The zero-order chi connectivity index (χ0) is 31.6. The molecule has 45 heavy (non-hydrogen) atoms. The van der Waals surface area contributed by atoms with Gasteiger partial charge in [-0.3, -0.25) is 19.2 Å². The summed E-state index contributed by atoms with van der Waals surface area (Å²) in [5, 5.41) is 11.4. The Morgan fingerprint density at radius 1 is 0.933 bits per heavy atom. The van der Waals surface area contributed by atoms with Crippen molar-refractivity contribution in [2.75, 3.05) is 7.11 Å². The fourth-order valence-corrected chi connectivity index (χ4v) is 8.63. The smallest absolute Gasteiger partial charge is 0.423 e. The van der Waals surface area contributed by atoms with Crippen LogP contribution in [0.5, 0.6) is 5.75 Å². The van der Waals surface area contributed by atoms with Gasteiger partial charge in [-0.05, 0) is 54.2 Å². The highest BCUT2D eigenvalue weighted by Gasteiger charge is 2.66. The van der Waals surface area contributed by atoms with Crippen LogP contribution in [0, 0.1) is 23.7 Å². The lowest BCUT2D eigenvalue weighted by Gasteiger charge is -2.55. The van der Waals surface area contributed by atoms with E-state index in [1.54, 1.807) is 36.4 Å². The van der Waals surface area contributed by atoms with E-state index in [0.717, 1.165) is 7.11 Å². The normalized spacial score (nSPS) is 28.9. The van der Waals surface area contributed by atoms with Gasteiger partial charge in [-0.1, -0.05) is 88.2 Å². The Morgan fingerprint density at radius 3 is 2.31 bits per heavy atom. The second-order valence-corrected chi connectivity index (χ2v) is 12.9. The van der Waals surface area contributed by atoms with Crippen LogP contribution in [0.2, 0.25) is 0 Å². The second kappa shape index (κ2) is 10.8. The number of phenolic OH excluding ortho intramolecular Hbond substituents is 1. The molecular formula is C36H28BrNO7. The first-order valence-electron chi connectivity index (χ1n) is 14.8. The van der Waals surface area contributed by atoms with Crippen molar-refractivity contribution in [3.05, 3.63) is 118 Å². The maximum Gasteiger partial charge on any atom is 0.423 e. The molecule has 0 aromatic heterocycles. The number of halogens is 1. The summed E-state index contributed by atoms with van der Waals surface area (Å²) in [6.07, 6.45) is 2.50. The lowest BCUT2D eigenvalue weighted by Crippen LogP contribution is -2.58. The summed E-state index contributed by atoms with van der Waals surface area (Å²) in [6, 6.07) is 23.1. The number of ether oxygens (including phenoxy) is 1. The third-order valence-electron chi connectivity index (χ3n) is 10.0. The molecule has 3 aromatic carbocycles. The van der Waals surface area contributed by atoms with Gasteiger partial charge in [-0.15, -0.1) is 0 Å². The number of benzene rings is 3. The van der Waals surface area contributed by atoms with Gasteiger partial charge in [0.25, 0.3) is 0 Å². The van der Waals surface area contributed by atoms with Crippen molar-refractivity contribution in [3.63, 3.8) is 0 Å². The zero-order valence-corrected chi connectivity index (χ0v) is 25.8. The maximum absolute atomic E-state index is 14.9. The Balaban J connectivity index is 1.51. The van der Waals surface area contributed by atoms with E-state index in [4.69, 9.17) is 4.74 Å². The van der Waals surface area contributed by atoms with E-state index in [-0.39, 0.29) is 35.7 Å². The van der Waals surface area contributed by atoms with E-state index in [1.165, 1.54) is 12.1 Å². The number of fused-ring (bicyclic) bond motifs is 4. The Hall–Kier alpha value is -4.63. The minimum absolute atomic E-state index is 0.0657. The molecule has 1 saturated heterocycles. The molecular weight excluding hydrogens is 638 g/mol. The van der Waals surface area contributed by atoms with Crippen LogP contribution in [-0.4, -0.2) is 46.6 Å². The molecule has 8 nitrogen and oxygen atoms in total. The van der Waals surface area contributed by atoms with Crippen LogP contribution in [0.25, 0.3) is 5.57 Å². The van der Waals surface area contributed by atoms with Crippen LogP contribution in [0.1, 0.15) is 35.4 Å². The number of hydrogen-bond donors (Lipinski definition) is 1. The number of rotatable bonds is 3. The van der Waals surface area contributed by atoms with Gasteiger partial charge in [0.1, 0.15) is 5.75 Å². The first kappa shape index (κ1) is 29.1. The molecule has 1 N–H and O–H groups in total. The quantitative estimate of drug-likeness (QED) is 0.280. The summed E-state index contributed by atoms with van der Waals surface area (Å²) in [6.45, 7) is 0. The number of imide groups is 3. The molecule has 7 rings (SSSR count). The molecule has 0 spiro atoms. The monoisotopic (exact) mass is 665 g/mol. The van der Waals surface area contributed by atoms with Crippen molar-refractivity contribution < 1.29 is 33.8 Å². The molecule has 9 heteroatoms. The molecule has 3 aliphatic carbocycles. The molecule has 1 saturated carbocycles. The number of likely N-dealkylation sites (tertiary alicyclic amines) is 1. The molecule has 0 bridgehead atoms. The second-order valence-electron chi connectivity index (χ2n) is 12.0. The number of nitrogens with zero attached hydrogens (tertiary/aromatic N) is 1. The molecule has 2 fully saturated rings. The van der Waals surface area contributed by atoms with Crippen LogP contribution < -0.4 is 0 Å². The third kappa shape index (κ3) is 4.13. The summed E-state index contributed by atoms with van der Waals surface area (Å²) < 4.78 is 5.43. The van der Waals surface area contributed by atoms with Crippen LogP contribution in [0.4, 0.5) is 4.79 Å². The largest absolute Gasteiger partial charge is 0.508 e. The van der Waals surface area contributed by atoms with E-state index in [0.29, 0.717) is 31.6 Å². The van der Waals surface area contributed by atoms with E-state index in [9.17, 15) is 29.1 Å². The predicted molar refractivity (Wildman–Crippen MR) is 167 cm³/mol. The fraction of sp³-hybridized carbons (Fsp3) is 0.250. The van der Waals surface area contributed by atoms with Gasteiger partial charge in [0.15, 0.2) is 11.6 Å². The van der Waals surface area contributed by atoms with Crippen molar-refractivity contribution in [2.45, 2.75) is 24.2 Å². The topological polar surface area (TPSA) is 118 Å². The van der Waals surface area contributed by atoms with Crippen molar-refractivity contribution in [1.82, 2.24) is 4.90 Å². The SMILES string of the molecule is COC(=O)N1C(=O)[C@H]2[C@H](CC=C3[C@H]2C[C@H]2C(=O)C(c4ccccc4)=CC(=O)[C@@]2(c2ccccc2)[C@H]3c2cc(Br)ccc2O)C1=O. The Bertz CT molecular complexity index is 1850. The molecule has 226 valence electrons. The van der Waals surface area contributed by atoms with Gasteiger partial charge in [0.2, 0.25) is 11.8 Å². The minimum atomic E-state index is -1.46. The van der Waals surface area contributed by atoms with Crippen molar-refractivity contribution in [3.8, 4) is 5.75 Å². The first-order valence-corrected chi connectivity index (χ1v) is 15.5. The number of methoxy groups -OCH3 is 1. The van der Waals surface area contributed by atoms with Crippen LogP contribution in [0.15, 0.2) is 101 Å². The lowest BCUT2D eigenvalue weighted by atomic mass is 9.44. The third-order valence-corrected chi connectivity index (χ3v) is 10.5. The fourth-order valence-electron chi connectivity index (χ4n) is 8.25. The van der Waals surface area contributed by atoms with E-state index in [2.05, 4.69) is 15.9 Å². The van der Waals surface area contributed by atoms with Crippen molar-refractivity contribution in [1.29, 1.82) is 0 Å². The summed E-state index contributed by atoms with van der Waals surface area (Å²) in [5.41, 5.74) is 1.15. The Kier molecular flexibility index (Phi) is 6.96. The molecule has 1 heterocycles. The van der Waals surface area contributed by atoms with Crippen LogP contribution >= 0.6 is 15.9 Å². The number of Topliss-reactive ketones (excluding diaryl/α,β-unsaturated/α-hetero) is 1. The summed E-state index contributed by atoms with van der Waals surface area (Å²) in [5.74, 6) is -6.14.